The van der Waals surface area contributed by atoms with Gasteiger partial charge < -0.3 is 5.32 Å². The van der Waals surface area contributed by atoms with Crippen molar-refractivity contribution in [2.75, 3.05) is 6.54 Å². The van der Waals surface area contributed by atoms with Gasteiger partial charge in [0.15, 0.2) is 0 Å². The van der Waals surface area contributed by atoms with Crippen LogP contribution in [0.4, 0.5) is 0 Å². The van der Waals surface area contributed by atoms with Crippen LogP contribution in [-0.4, -0.2) is 12.5 Å². The van der Waals surface area contributed by atoms with Gasteiger partial charge in [0.1, 0.15) is 0 Å². The van der Waals surface area contributed by atoms with Crippen LogP contribution in [0.3, 0.4) is 0 Å². The standard InChI is InChI=1S/C16H24ClNO/c1-4-6-7-13(5-2)11-18-16(19)14-9-8-12(3)10-15(14)17/h8-10,13H,4-7,11H2,1-3H3,(H,18,19)/t13-/m0/s1. The third-order valence-corrected chi connectivity index (χ3v) is 3.78. The molecule has 2 nitrogen and oxygen atoms in total. The van der Waals surface area contributed by atoms with Crippen molar-refractivity contribution in [1.29, 1.82) is 0 Å². The van der Waals surface area contributed by atoms with Crippen LogP contribution in [-0.2, 0) is 0 Å². The number of aryl methyl sites for hydroxylation is 1. The molecular weight excluding hydrogens is 258 g/mol. The summed E-state index contributed by atoms with van der Waals surface area (Å²) in [5, 5.41) is 3.52. The lowest BCUT2D eigenvalue weighted by molar-refractivity contribution is 0.0946. The molecule has 0 heterocycles. The molecule has 0 saturated heterocycles. The van der Waals surface area contributed by atoms with E-state index in [9.17, 15) is 4.79 Å². The third-order valence-electron chi connectivity index (χ3n) is 3.46. The number of amides is 1. The van der Waals surface area contributed by atoms with Crippen LogP contribution < -0.4 is 5.32 Å². The van der Waals surface area contributed by atoms with Gasteiger partial charge in [0.25, 0.3) is 5.91 Å². The van der Waals surface area contributed by atoms with E-state index in [-0.39, 0.29) is 5.91 Å². The van der Waals surface area contributed by atoms with Gasteiger partial charge in [-0.3, -0.25) is 4.79 Å². The van der Waals surface area contributed by atoms with Crippen molar-refractivity contribution in [2.45, 2.75) is 46.5 Å². The molecule has 1 atom stereocenters. The van der Waals surface area contributed by atoms with Gasteiger partial charge in [0.2, 0.25) is 0 Å². The lowest BCUT2D eigenvalue weighted by atomic mass is 9.99. The number of benzene rings is 1. The fraction of sp³-hybridized carbons (Fsp3) is 0.562. The van der Waals surface area contributed by atoms with E-state index >= 15 is 0 Å². The molecule has 0 aromatic heterocycles. The van der Waals surface area contributed by atoms with Crippen molar-refractivity contribution in [3.8, 4) is 0 Å². The van der Waals surface area contributed by atoms with Gasteiger partial charge in [-0.15, -0.1) is 0 Å². The monoisotopic (exact) mass is 281 g/mol. The van der Waals surface area contributed by atoms with Crippen molar-refractivity contribution >= 4 is 17.5 Å². The maximum atomic E-state index is 12.1. The van der Waals surface area contributed by atoms with Gasteiger partial charge in [0, 0.05) is 6.54 Å². The van der Waals surface area contributed by atoms with Crippen LogP contribution in [0, 0.1) is 12.8 Å². The zero-order valence-corrected chi connectivity index (χ0v) is 12.9. The Morgan fingerprint density at radius 1 is 1.37 bits per heavy atom. The van der Waals surface area contributed by atoms with Crippen molar-refractivity contribution in [1.82, 2.24) is 5.32 Å². The fourth-order valence-electron chi connectivity index (χ4n) is 2.08. The Bertz CT molecular complexity index is 417. The predicted octanol–water partition coefficient (Wildman–Crippen LogP) is 4.59. The Balaban J connectivity index is 2.54. The molecule has 1 aromatic rings. The summed E-state index contributed by atoms with van der Waals surface area (Å²) in [6, 6.07) is 5.53. The van der Waals surface area contributed by atoms with Crippen molar-refractivity contribution in [3.05, 3.63) is 34.3 Å². The number of unbranched alkanes of at least 4 members (excludes halogenated alkanes) is 1. The summed E-state index contributed by atoms with van der Waals surface area (Å²) in [5.74, 6) is 0.494. The maximum absolute atomic E-state index is 12.1. The molecule has 106 valence electrons. The van der Waals surface area contributed by atoms with Crippen molar-refractivity contribution in [2.24, 2.45) is 5.92 Å². The number of carbonyl (C=O) groups excluding carboxylic acids is 1. The normalized spacial score (nSPS) is 12.2. The second-order valence-electron chi connectivity index (χ2n) is 5.11. The lowest BCUT2D eigenvalue weighted by Crippen LogP contribution is -2.29. The molecule has 3 heteroatoms. The maximum Gasteiger partial charge on any atom is 0.252 e. The number of hydrogen-bond acceptors (Lipinski definition) is 1. The summed E-state index contributed by atoms with van der Waals surface area (Å²) >= 11 is 6.10. The highest BCUT2D eigenvalue weighted by molar-refractivity contribution is 6.33. The molecule has 1 aromatic carbocycles. The van der Waals surface area contributed by atoms with Gasteiger partial charge in [0.05, 0.1) is 10.6 Å². The summed E-state index contributed by atoms with van der Waals surface area (Å²) < 4.78 is 0. The highest BCUT2D eigenvalue weighted by Gasteiger charge is 2.12. The molecule has 0 radical (unpaired) electrons. The second-order valence-corrected chi connectivity index (χ2v) is 5.52. The van der Waals surface area contributed by atoms with E-state index in [2.05, 4.69) is 19.2 Å². The van der Waals surface area contributed by atoms with Gasteiger partial charge in [-0.2, -0.15) is 0 Å². The first kappa shape index (κ1) is 16.0. The van der Waals surface area contributed by atoms with Crippen LogP contribution in [0.2, 0.25) is 5.02 Å². The Kier molecular flexibility index (Phi) is 6.93. The smallest absolute Gasteiger partial charge is 0.252 e. The van der Waals surface area contributed by atoms with Crippen LogP contribution in [0.15, 0.2) is 18.2 Å². The second kappa shape index (κ2) is 8.21. The molecule has 0 unspecified atom stereocenters. The number of nitrogens with one attached hydrogen (secondary N) is 1. The Labute approximate surface area is 121 Å². The number of halogens is 1. The van der Waals surface area contributed by atoms with Crippen molar-refractivity contribution in [3.63, 3.8) is 0 Å². The molecular formula is C16H24ClNO. The van der Waals surface area contributed by atoms with Crippen LogP contribution >= 0.6 is 11.6 Å². The highest BCUT2D eigenvalue weighted by atomic mass is 35.5. The van der Waals surface area contributed by atoms with Gasteiger partial charge in [-0.1, -0.05) is 50.8 Å². The minimum Gasteiger partial charge on any atom is -0.352 e. The fourth-order valence-corrected chi connectivity index (χ4v) is 2.40. The van der Waals surface area contributed by atoms with E-state index < -0.39 is 0 Å². The molecule has 0 aliphatic rings. The molecule has 1 amide bonds. The molecule has 0 aliphatic heterocycles. The minimum atomic E-state index is -0.0695. The Hall–Kier alpha value is -1.02. The van der Waals surface area contributed by atoms with Gasteiger partial charge in [-0.25, -0.2) is 0 Å². The summed E-state index contributed by atoms with van der Waals surface area (Å²) in [5.41, 5.74) is 1.63. The minimum absolute atomic E-state index is 0.0695. The number of rotatable bonds is 7. The third kappa shape index (κ3) is 5.23. The summed E-state index contributed by atoms with van der Waals surface area (Å²) in [4.78, 5) is 12.1. The first-order valence-electron chi connectivity index (χ1n) is 7.12. The van der Waals surface area contributed by atoms with Gasteiger partial charge in [-0.05, 0) is 37.0 Å². The predicted molar refractivity (Wildman–Crippen MR) is 81.8 cm³/mol. The van der Waals surface area contributed by atoms with E-state index in [4.69, 9.17) is 11.6 Å². The average Bonchev–Trinajstić information content (AvgIpc) is 2.38. The van der Waals surface area contributed by atoms with Crippen molar-refractivity contribution < 1.29 is 4.79 Å². The molecule has 0 bridgehead atoms. The van der Waals surface area contributed by atoms with E-state index in [1.54, 1.807) is 6.07 Å². The SMILES string of the molecule is CCCC[C@H](CC)CNC(=O)c1ccc(C)cc1Cl. The molecule has 0 fully saturated rings. The average molecular weight is 282 g/mol. The Morgan fingerprint density at radius 2 is 2.11 bits per heavy atom. The number of carbonyl (C=O) groups is 1. The zero-order valence-electron chi connectivity index (χ0n) is 12.1. The first-order chi connectivity index (χ1) is 9.08. The topological polar surface area (TPSA) is 29.1 Å². The molecule has 0 saturated carbocycles. The molecule has 19 heavy (non-hydrogen) atoms. The molecule has 0 aliphatic carbocycles. The van der Waals surface area contributed by atoms with E-state index in [1.165, 1.54) is 19.3 Å². The van der Waals surface area contributed by atoms with Gasteiger partial charge >= 0.3 is 0 Å². The lowest BCUT2D eigenvalue weighted by Gasteiger charge is -2.15. The summed E-state index contributed by atoms with van der Waals surface area (Å²) in [6.07, 6.45) is 4.70. The zero-order chi connectivity index (χ0) is 14.3. The molecule has 1 N–H and O–H groups in total. The summed E-state index contributed by atoms with van der Waals surface area (Å²) in [6.45, 7) is 7.06. The Morgan fingerprint density at radius 3 is 2.68 bits per heavy atom. The summed E-state index contributed by atoms with van der Waals surface area (Å²) in [7, 11) is 0. The highest BCUT2D eigenvalue weighted by Crippen LogP contribution is 2.18. The largest absolute Gasteiger partial charge is 0.352 e. The van der Waals surface area contributed by atoms with Crippen LogP contribution in [0.25, 0.3) is 0 Å². The first-order valence-corrected chi connectivity index (χ1v) is 7.50. The van der Waals surface area contributed by atoms with E-state index in [1.807, 2.05) is 19.1 Å². The van der Waals surface area contributed by atoms with Crippen LogP contribution in [0.1, 0.15) is 55.5 Å². The number of hydrogen-bond donors (Lipinski definition) is 1. The quantitative estimate of drug-likeness (QED) is 0.778. The van der Waals surface area contributed by atoms with E-state index in [0.717, 1.165) is 18.5 Å². The van der Waals surface area contributed by atoms with Crippen LogP contribution in [0.5, 0.6) is 0 Å². The molecule has 0 spiro atoms. The molecule has 1 rings (SSSR count). The van der Waals surface area contributed by atoms with E-state index in [0.29, 0.717) is 16.5 Å².